The van der Waals surface area contributed by atoms with Gasteiger partial charge in [-0.15, -0.1) is 0 Å². The van der Waals surface area contributed by atoms with E-state index in [1.165, 1.54) is 16.7 Å². The van der Waals surface area contributed by atoms with Crippen molar-refractivity contribution in [1.29, 1.82) is 0 Å². The molecule has 0 fully saturated rings. The highest BCUT2D eigenvalue weighted by Crippen LogP contribution is 2.60. The van der Waals surface area contributed by atoms with E-state index in [4.69, 9.17) is 24.4 Å². The first kappa shape index (κ1) is 32.8. The van der Waals surface area contributed by atoms with Crippen LogP contribution in [0, 0.1) is 0 Å². The summed E-state index contributed by atoms with van der Waals surface area (Å²) in [4.78, 5) is 15.3. The topological polar surface area (TPSA) is 57.1 Å². The molecular weight excluding hydrogens is 699 g/mol. The highest BCUT2D eigenvalue weighted by molar-refractivity contribution is 5.89. The van der Waals surface area contributed by atoms with Gasteiger partial charge in [0, 0.05) is 11.1 Å². The Labute approximate surface area is 330 Å². The average molecular weight is 732 g/mol. The van der Waals surface area contributed by atoms with Gasteiger partial charge in [0.15, 0.2) is 40.5 Å². The van der Waals surface area contributed by atoms with E-state index in [-0.39, 0.29) is 0 Å². The molecule has 0 atom stereocenters. The second-order valence-corrected chi connectivity index (χ2v) is 14.3. The van der Waals surface area contributed by atoms with Gasteiger partial charge in [-0.05, 0) is 68.8 Å². The van der Waals surface area contributed by atoms with Crippen LogP contribution in [-0.2, 0) is 5.41 Å². The van der Waals surface area contributed by atoms with Crippen molar-refractivity contribution in [2.45, 2.75) is 5.41 Å². The Kier molecular flexibility index (Phi) is 7.64. The third-order valence-electron chi connectivity index (χ3n) is 11.1. The summed E-state index contributed by atoms with van der Waals surface area (Å²) in [7, 11) is 0. The number of hydrogen-bond donors (Lipinski definition) is 0. The van der Waals surface area contributed by atoms with Crippen molar-refractivity contribution in [3.8, 4) is 79.4 Å². The predicted octanol–water partition coefficient (Wildman–Crippen LogP) is 12.8. The Morgan fingerprint density at radius 2 is 0.825 bits per heavy atom. The van der Waals surface area contributed by atoms with Crippen molar-refractivity contribution in [3.63, 3.8) is 0 Å². The molecule has 0 saturated heterocycles. The van der Waals surface area contributed by atoms with Crippen LogP contribution in [0.4, 0.5) is 0 Å². The van der Waals surface area contributed by atoms with E-state index in [9.17, 15) is 0 Å². The van der Waals surface area contributed by atoms with E-state index in [0.717, 1.165) is 38.9 Å². The summed E-state index contributed by atoms with van der Waals surface area (Å²) in [6, 6.07) is 69.0. The minimum Gasteiger partial charge on any atom is -0.449 e. The Hall–Kier alpha value is -7.63. The van der Waals surface area contributed by atoms with Crippen molar-refractivity contribution in [1.82, 2.24) is 15.0 Å². The maximum Gasteiger partial charge on any atom is 0.181 e. The fourth-order valence-corrected chi connectivity index (χ4v) is 8.59. The molecule has 0 saturated carbocycles. The van der Waals surface area contributed by atoms with Gasteiger partial charge in [-0.25, -0.2) is 15.0 Å². The molecule has 8 aromatic carbocycles. The average Bonchev–Trinajstić information content (AvgIpc) is 3.58. The van der Waals surface area contributed by atoms with Gasteiger partial charge in [0.05, 0.1) is 11.0 Å². The number of rotatable bonds is 6. The molecule has 1 aromatic heterocycles. The first-order valence-electron chi connectivity index (χ1n) is 19.1. The molecule has 0 N–H and O–H groups in total. The lowest BCUT2D eigenvalue weighted by molar-refractivity contribution is 0.360. The molecule has 2 aliphatic rings. The van der Waals surface area contributed by atoms with Crippen LogP contribution >= 0.6 is 0 Å². The van der Waals surface area contributed by atoms with E-state index < -0.39 is 5.41 Å². The molecule has 11 rings (SSSR count). The smallest absolute Gasteiger partial charge is 0.181 e. The Balaban J connectivity index is 1.08. The fraction of sp³-hybridized carbons (Fsp3) is 0.0192. The lowest BCUT2D eigenvalue weighted by atomic mass is 9.67. The lowest BCUT2D eigenvalue weighted by Crippen LogP contribution is -2.28. The number of fused-ring (bicyclic) bond motifs is 5. The summed E-state index contributed by atoms with van der Waals surface area (Å²) in [6.45, 7) is 0. The van der Waals surface area contributed by atoms with Crippen LogP contribution < -0.4 is 9.47 Å². The van der Waals surface area contributed by atoms with Crippen molar-refractivity contribution in [3.05, 3.63) is 222 Å². The van der Waals surface area contributed by atoms with Crippen molar-refractivity contribution < 1.29 is 9.47 Å². The Morgan fingerprint density at radius 3 is 1.51 bits per heavy atom. The second-order valence-electron chi connectivity index (χ2n) is 14.3. The third kappa shape index (κ3) is 5.28. The lowest BCUT2D eigenvalue weighted by Gasteiger charge is -2.34. The predicted molar refractivity (Wildman–Crippen MR) is 225 cm³/mol. The zero-order chi connectivity index (χ0) is 37.8. The zero-order valence-corrected chi connectivity index (χ0v) is 30.7. The van der Waals surface area contributed by atoms with Gasteiger partial charge >= 0.3 is 0 Å². The van der Waals surface area contributed by atoms with Crippen LogP contribution in [0.25, 0.3) is 56.4 Å². The molecule has 5 heteroatoms. The van der Waals surface area contributed by atoms with Gasteiger partial charge in [-0.2, -0.15) is 0 Å². The summed E-state index contributed by atoms with van der Waals surface area (Å²) in [5.74, 6) is 4.06. The summed E-state index contributed by atoms with van der Waals surface area (Å²) in [6.07, 6.45) is 0. The van der Waals surface area contributed by atoms with Crippen LogP contribution in [0.15, 0.2) is 200 Å². The summed E-state index contributed by atoms with van der Waals surface area (Å²) >= 11 is 0. The van der Waals surface area contributed by atoms with Gasteiger partial charge < -0.3 is 9.47 Å². The Bertz CT molecular complexity index is 2910. The number of benzene rings is 8. The maximum absolute atomic E-state index is 6.94. The van der Waals surface area contributed by atoms with Crippen LogP contribution in [0.5, 0.6) is 23.0 Å². The zero-order valence-electron chi connectivity index (χ0n) is 30.7. The molecule has 0 amide bonds. The number of hydrogen-bond acceptors (Lipinski definition) is 5. The van der Waals surface area contributed by atoms with E-state index in [1.807, 2.05) is 78.9 Å². The van der Waals surface area contributed by atoms with Crippen LogP contribution in [0.1, 0.15) is 22.3 Å². The van der Waals surface area contributed by atoms with E-state index >= 15 is 0 Å². The largest absolute Gasteiger partial charge is 0.449 e. The molecule has 0 bridgehead atoms. The molecule has 1 aliphatic heterocycles. The molecule has 0 radical (unpaired) electrons. The quantitative estimate of drug-likeness (QED) is 0.170. The molecule has 0 unspecified atom stereocenters. The molecule has 0 spiro atoms. The maximum atomic E-state index is 6.94. The van der Waals surface area contributed by atoms with E-state index in [1.54, 1.807) is 0 Å². The summed E-state index contributed by atoms with van der Waals surface area (Å²) < 4.78 is 13.8. The standard InChI is InChI=1S/C52H33N3O2/c1-5-18-34(19-6-1)38-26-13-14-28-40(38)50-53-49(35-20-7-2-8-21-35)54-51(55-50)41-29-17-31-45-48(41)57-46-32-42-39-27-15-16-30-43(39)52(36-22-9-3-10-23-36,37-24-11-4-12-25-37)44(42)33-47(46)56-45/h1-33H. The van der Waals surface area contributed by atoms with Gasteiger partial charge in [-0.3, -0.25) is 0 Å². The monoisotopic (exact) mass is 731 g/mol. The molecule has 2 heterocycles. The Morgan fingerprint density at radius 1 is 0.316 bits per heavy atom. The van der Waals surface area contributed by atoms with Crippen LogP contribution in [0.3, 0.4) is 0 Å². The molecular formula is C52H33N3O2. The minimum atomic E-state index is -0.555. The molecule has 268 valence electrons. The SMILES string of the molecule is c1ccc(-c2nc(-c3ccccc3-c3ccccc3)nc(-c3cccc4c3Oc3cc5c(cc3O4)C(c3ccccc3)(c3ccccc3)c3ccccc3-5)n2)cc1. The second kappa shape index (κ2) is 13.3. The molecule has 57 heavy (non-hydrogen) atoms. The van der Waals surface area contributed by atoms with Gasteiger partial charge in [0.25, 0.3) is 0 Å². The van der Waals surface area contributed by atoms with E-state index in [2.05, 4.69) is 121 Å². The third-order valence-corrected chi connectivity index (χ3v) is 11.1. The van der Waals surface area contributed by atoms with Crippen LogP contribution in [-0.4, -0.2) is 15.0 Å². The van der Waals surface area contributed by atoms with Crippen molar-refractivity contribution in [2.75, 3.05) is 0 Å². The summed E-state index contributed by atoms with van der Waals surface area (Å²) in [5, 5.41) is 0. The fourth-order valence-electron chi connectivity index (χ4n) is 8.59. The normalized spacial score (nSPS) is 13.0. The van der Waals surface area contributed by atoms with Crippen LogP contribution in [0.2, 0.25) is 0 Å². The van der Waals surface area contributed by atoms with Gasteiger partial charge in [0.2, 0.25) is 0 Å². The first-order chi connectivity index (χ1) is 28.3. The molecule has 1 aliphatic carbocycles. The highest BCUT2D eigenvalue weighted by Gasteiger charge is 2.47. The first-order valence-corrected chi connectivity index (χ1v) is 19.1. The summed E-state index contributed by atoms with van der Waals surface area (Å²) in [5.41, 5.74) is 11.1. The van der Waals surface area contributed by atoms with E-state index in [0.29, 0.717) is 46.0 Å². The number of nitrogens with zero attached hydrogens (tertiary/aromatic N) is 3. The van der Waals surface area contributed by atoms with Crippen molar-refractivity contribution in [2.24, 2.45) is 0 Å². The highest BCUT2D eigenvalue weighted by atomic mass is 16.6. The van der Waals surface area contributed by atoms with Crippen molar-refractivity contribution >= 4 is 0 Å². The molecule has 9 aromatic rings. The number of para-hydroxylation sites is 1. The molecule has 5 nitrogen and oxygen atoms in total. The minimum absolute atomic E-state index is 0.490. The van der Waals surface area contributed by atoms with Gasteiger partial charge in [-0.1, -0.05) is 176 Å². The number of ether oxygens (including phenoxy) is 2. The number of aromatic nitrogens is 3. The van der Waals surface area contributed by atoms with Gasteiger partial charge in [0.1, 0.15) is 0 Å².